The maximum Gasteiger partial charge on any atom is 0.416 e. The number of aromatic nitrogens is 2. The highest BCUT2D eigenvalue weighted by atomic mass is 32.2. The zero-order valence-corrected chi connectivity index (χ0v) is 22.6. The second-order valence-corrected chi connectivity index (χ2v) is 12.4. The van der Waals surface area contributed by atoms with Crippen LogP contribution in [0.15, 0.2) is 35.5 Å². The average molecular weight is 572 g/mol. The number of benzene rings is 1. The van der Waals surface area contributed by atoms with E-state index in [0.717, 1.165) is 35.9 Å². The van der Waals surface area contributed by atoms with Gasteiger partial charge in [-0.15, -0.1) is 0 Å². The van der Waals surface area contributed by atoms with Crippen molar-refractivity contribution < 1.29 is 36.3 Å². The number of piperidine rings is 1. The molecule has 0 spiro atoms. The lowest BCUT2D eigenvalue weighted by molar-refractivity contribution is -0.141. The number of anilines is 1. The van der Waals surface area contributed by atoms with E-state index in [1.807, 2.05) is 11.8 Å². The molecule has 0 atom stereocenters. The molecule has 2 saturated heterocycles. The maximum atomic E-state index is 13.5. The molecule has 14 heteroatoms. The molecular formula is C25H32F3N5O5S. The normalized spacial score (nSPS) is 18.1. The lowest BCUT2D eigenvalue weighted by Gasteiger charge is -2.46. The van der Waals surface area contributed by atoms with Crippen LogP contribution < -0.4 is 4.90 Å². The summed E-state index contributed by atoms with van der Waals surface area (Å²) in [6.45, 7) is 3.52. The molecule has 0 bridgehead atoms. The van der Waals surface area contributed by atoms with E-state index in [1.54, 1.807) is 4.90 Å². The van der Waals surface area contributed by atoms with Gasteiger partial charge in [-0.3, -0.25) is 9.69 Å². The zero-order chi connectivity index (χ0) is 28.6. The van der Waals surface area contributed by atoms with Crippen LogP contribution in [0.25, 0.3) is 0 Å². The monoisotopic (exact) mass is 571 g/mol. The van der Waals surface area contributed by atoms with Crippen LogP contribution in [0.2, 0.25) is 0 Å². The second-order valence-electron chi connectivity index (χ2n) is 10.4. The molecule has 10 nitrogen and oxygen atoms in total. The highest BCUT2D eigenvalue weighted by Crippen LogP contribution is 2.37. The smallest absolute Gasteiger partial charge is 0.416 e. The highest BCUT2D eigenvalue weighted by Gasteiger charge is 2.39. The molecule has 1 aromatic heterocycles. The number of aliphatic carboxylic acids is 1. The molecular weight excluding hydrogens is 539 g/mol. The molecule has 2 fully saturated rings. The van der Waals surface area contributed by atoms with Gasteiger partial charge < -0.3 is 14.9 Å². The number of carboxylic acid groups (broad SMARTS) is 1. The molecule has 0 saturated carbocycles. The van der Waals surface area contributed by atoms with Gasteiger partial charge in [0.2, 0.25) is 0 Å². The van der Waals surface area contributed by atoms with E-state index in [9.17, 15) is 36.3 Å². The quantitative estimate of drug-likeness (QED) is 0.538. The lowest BCUT2D eigenvalue weighted by Crippen LogP contribution is -2.56. The van der Waals surface area contributed by atoms with Crippen molar-refractivity contribution in [1.29, 1.82) is 0 Å². The molecule has 2 aromatic rings. The van der Waals surface area contributed by atoms with Crippen LogP contribution in [0.5, 0.6) is 0 Å². The number of hydrogen-bond donors (Lipinski definition) is 1. The minimum Gasteiger partial charge on any atom is -0.480 e. The SMILES string of the molecule is CC1(N(CC(=O)O)Cc2ccc(C(F)(F)F)cc2N2CCCC2)CCN(C(=O)n2ccc(S(C)(=O)=O)n2)CC1. The van der Waals surface area contributed by atoms with Crippen molar-refractivity contribution in [3.8, 4) is 0 Å². The average Bonchev–Trinajstić information content (AvgIpc) is 3.56. The highest BCUT2D eigenvalue weighted by molar-refractivity contribution is 7.90. The number of sulfone groups is 1. The van der Waals surface area contributed by atoms with E-state index in [4.69, 9.17) is 0 Å². The number of alkyl halides is 3. The van der Waals surface area contributed by atoms with Gasteiger partial charge in [0, 0.05) is 56.4 Å². The molecule has 1 aromatic carbocycles. The van der Waals surface area contributed by atoms with Crippen molar-refractivity contribution >= 4 is 27.5 Å². The molecule has 0 unspecified atom stereocenters. The van der Waals surface area contributed by atoms with Crippen molar-refractivity contribution in [3.63, 3.8) is 0 Å². The summed E-state index contributed by atoms with van der Waals surface area (Å²) >= 11 is 0. The molecule has 2 aliphatic heterocycles. The predicted molar refractivity (Wildman–Crippen MR) is 136 cm³/mol. The third kappa shape index (κ3) is 6.55. The summed E-state index contributed by atoms with van der Waals surface area (Å²) in [5.41, 5.74) is -0.305. The summed E-state index contributed by atoms with van der Waals surface area (Å²) in [6, 6.07) is 4.38. The van der Waals surface area contributed by atoms with Gasteiger partial charge in [0.25, 0.3) is 0 Å². The molecule has 0 radical (unpaired) electrons. The minimum atomic E-state index is -4.49. The van der Waals surface area contributed by atoms with Crippen molar-refractivity contribution in [2.75, 3.05) is 43.9 Å². The van der Waals surface area contributed by atoms with Crippen LogP contribution in [0.3, 0.4) is 0 Å². The van der Waals surface area contributed by atoms with Crippen LogP contribution in [-0.2, 0) is 27.4 Å². The van der Waals surface area contributed by atoms with Crippen molar-refractivity contribution in [2.45, 2.75) is 55.9 Å². The Balaban J connectivity index is 1.54. The topological polar surface area (TPSA) is 116 Å². The fraction of sp³-hybridized carbons (Fsp3) is 0.560. The molecule has 4 rings (SSSR count). The summed E-state index contributed by atoms with van der Waals surface area (Å²) in [5.74, 6) is -1.06. The van der Waals surface area contributed by atoms with Crippen LogP contribution in [0, 0.1) is 0 Å². The van der Waals surface area contributed by atoms with Crippen molar-refractivity contribution in [1.82, 2.24) is 19.6 Å². The van der Waals surface area contributed by atoms with E-state index in [0.29, 0.717) is 37.2 Å². The number of carbonyl (C=O) groups excluding carboxylic acids is 1. The number of halogens is 3. The second kappa shape index (κ2) is 10.8. The van der Waals surface area contributed by atoms with E-state index in [2.05, 4.69) is 5.10 Å². The first-order valence-corrected chi connectivity index (χ1v) is 14.5. The summed E-state index contributed by atoms with van der Waals surface area (Å²) < 4.78 is 64.8. The Labute approximate surface area is 224 Å². The molecule has 1 amide bonds. The third-order valence-electron chi connectivity index (χ3n) is 7.56. The van der Waals surface area contributed by atoms with Crippen LogP contribution in [-0.4, -0.2) is 89.6 Å². The Morgan fingerprint density at radius 2 is 1.74 bits per heavy atom. The standard InChI is InChI=1S/C25H32F3N5O5S/c1-24(8-13-31(14-9-24)23(36)33-12-7-21(29-33)39(2,37)38)32(17-22(34)35)16-18-5-6-19(25(26,27)28)15-20(18)30-10-3-4-11-30/h5-7,12,15H,3-4,8-11,13-14,16-17H2,1-2H3,(H,34,35). The molecule has 1 N–H and O–H groups in total. The first-order valence-electron chi connectivity index (χ1n) is 12.6. The van der Waals surface area contributed by atoms with Crippen molar-refractivity contribution in [3.05, 3.63) is 41.6 Å². The number of carbonyl (C=O) groups is 2. The Hall–Kier alpha value is -3.13. The number of likely N-dealkylation sites (tertiary alicyclic amines) is 1. The van der Waals surface area contributed by atoms with Gasteiger partial charge in [-0.25, -0.2) is 13.2 Å². The Morgan fingerprint density at radius 3 is 2.28 bits per heavy atom. The molecule has 39 heavy (non-hydrogen) atoms. The number of rotatable bonds is 7. The summed E-state index contributed by atoms with van der Waals surface area (Å²) in [7, 11) is -3.57. The lowest BCUT2D eigenvalue weighted by atomic mass is 9.87. The Kier molecular flexibility index (Phi) is 7.99. The van der Waals surface area contributed by atoms with E-state index in [1.165, 1.54) is 23.2 Å². The fourth-order valence-electron chi connectivity index (χ4n) is 5.19. The molecule has 2 aliphatic rings. The van der Waals surface area contributed by atoms with Crippen LogP contribution >= 0.6 is 0 Å². The number of carboxylic acids is 1. The zero-order valence-electron chi connectivity index (χ0n) is 21.8. The van der Waals surface area contributed by atoms with E-state index in [-0.39, 0.29) is 31.2 Å². The third-order valence-corrected chi connectivity index (χ3v) is 8.54. The van der Waals surface area contributed by atoms with Crippen molar-refractivity contribution in [2.24, 2.45) is 0 Å². The van der Waals surface area contributed by atoms with Gasteiger partial charge in [-0.05, 0) is 56.4 Å². The Bertz CT molecular complexity index is 1330. The van der Waals surface area contributed by atoms with E-state index >= 15 is 0 Å². The maximum absolute atomic E-state index is 13.5. The minimum absolute atomic E-state index is 0.137. The molecule has 3 heterocycles. The first-order chi connectivity index (χ1) is 18.2. The number of nitrogens with zero attached hydrogens (tertiary/aromatic N) is 5. The van der Waals surface area contributed by atoms with Gasteiger partial charge >= 0.3 is 18.2 Å². The predicted octanol–water partition coefficient (Wildman–Crippen LogP) is 3.32. The van der Waals surface area contributed by atoms with Gasteiger partial charge in [0.05, 0.1) is 12.1 Å². The van der Waals surface area contributed by atoms with Gasteiger partial charge in [-0.2, -0.15) is 23.0 Å². The van der Waals surface area contributed by atoms with Gasteiger partial charge in [0.15, 0.2) is 14.9 Å². The summed E-state index contributed by atoms with van der Waals surface area (Å²) in [5, 5.41) is 13.3. The van der Waals surface area contributed by atoms with E-state index < -0.39 is 39.1 Å². The first kappa shape index (κ1) is 28.9. The molecule has 214 valence electrons. The number of amides is 1. The Morgan fingerprint density at radius 1 is 1.10 bits per heavy atom. The fourth-order valence-corrected chi connectivity index (χ4v) is 5.73. The van der Waals surface area contributed by atoms with Gasteiger partial charge in [0.1, 0.15) is 0 Å². The van der Waals surface area contributed by atoms with Gasteiger partial charge in [-0.1, -0.05) is 6.07 Å². The summed E-state index contributed by atoms with van der Waals surface area (Å²) in [6.07, 6.45) is 0.358. The number of hydrogen-bond acceptors (Lipinski definition) is 7. The van der Waals surface area contributed by atoms with Crippen LogP contribution in [0.1, 0.15) is 43.7 Å². The summed E-state index contributed by atoms with van der Waals surface area (Å²) in [4.78, 5) is 29.9. The largest absolute Gasteiger partial charge is 0.480 e. The van der Waals surface area contributed by atoms with Crippen LogP contribution in [0.4, 0.5) is 23.7 Å². The molecule has 0 aliphatic carbocycles.